The van der Waals surface area contributed by atoms with E-state index in [1.165, 1.54) is 41.7 Å². The van der Waals surface area contributed by atoms with Gasteiger partial charge in [0.15, 0.2) is 17.3 Å². The fraction of sp³-hybridized carbons (Fsp3) is 0.478. The number of fused-ring (bicyclic) bond motifs is 2. The van der Waals surface area contributed by atoms with E-state index in [4.69, 9.17) is 9.40 Å². The van der Waals surface area contributed by atoms with Crippen molar-refractivity contribution < 1.29 is 4.42 Å². The zero-order valence-electron chi connectivity index (χ0n) is 18.5. The van der Waals surface area contributed by atoms with E-state index in [0.29, 0.717) is 11.2 Å². The Morgan fingerprint density at radius 2 is 2.19 bits per heavy atom. The molecule has 0 spiro atoms. The molecule has 1 aliphatic carbocycles. The van der Waals surface area contributed by atoms with Gasteiger partial charge < -0.3 is 13.9 Å². The van der Waals surface area contributed by atoms with Crippen LogP contribution < -0.4 is 0 Å². The largest absolute Gasteiger partial charge is 0.440 e. The van der Waals surface area contributed by atoms with Crippen LogP contribution in [0.25, 0.3) is 21.8 Å². The van der Waals surface area contributed by atoms with Crippen molar-refractivity contribution >= 4 is 33.3 Å². The zero-order chi connectivity index (χ0) is 21.9. The summed E-state index contributed by atoms with van der Waals surface area (Å²) >= 11 is 3.55. The lowest BCUT2D eigenvalue weighted by molar-refractivity contribution is 0.299. The van der Waals surface area contributed by atoms with Crippen LogP contribution in [-0.2, 0) is 12.5 Å². The maximum Gasteiger partial charge on any atom is 0.202 e. The van der Waals surface area contributed by atoms with E-state index in [1.54, 1.807) is 23.1 Å². The van der Waals surface area contributed by atoms with Gasteiger partial charge in [0.25, 0.3) is 0 Å². The number of aromatic nitrogens is 5. The number of thiazole rings is 1. The summed E-state index contributed by atoms with van der Waals surface area (Å²) in [6.45, 7) is 7.54. The number of aryl methyl sites for hydroxylation is 2. The van der Waals surface area contributed by atoms with Gasteiger partial charge in [-0.1, -0.05) is 17.8 Å². The van der Waals surface area contributed by atoms with Gasteiger partial charge in [0.05, 0.1) is 20.9 Å². The van der Waals surface area contributed by atoms with Gasteiger partial charge in [-0.2, -0.15) is 0 Å². The Balaban J connectivity index is 1.04. The molecule has 0 bridgehead atoms. The minimum absolute atomic E-state index is 0.367. The van der Waals surface area contributed by atoms with Crippen molar-refractivity contribution in [2.24, 2.45) is 13.0 Å². The van der Waals surface area contributed by atoms with Crippen molar-refractivity contribution in [3.63, 3.8) is 0 Å². The Bertz CT molecular complexity index is 1290. The Morgan fingerprint density at radius 1 is 1.28 bits per heavy atom. The maximum absolute atomic E-state index is 5.47. The van der Waals surface area contributed by atoms with E-state index in [9.17, 15) is 0 Å². The van der Waals surface area contributed by atoms with Gasteiger partial charge >= 0.3 is 0 Å². The van der Waals surface area contributed by atoms with E-state index in [1.807, 2.05) is 18.5 Å². The molecule has 4 aromatic rings. The first kappa shape index (κ1) is 20.4. The number of piperidine rings is 1. The fourth-order valence-electron chi connectivity index (χ4n) is 5.16. The predicted molar refractivity (Wildman–Crippen MR) is 127 cm³/mol. The van der Waals surface area contributed by atoms with Crippen molar-refractivity contribution in [3.8, 4) is 11.6 Å². The molecule has 0 radical (unpaired) electrons. The predicted octanol–water partition coefficient (Wildman–Crippen LogP) is 4.45. The number of thioether (sulfide) groups is 1. The van der Waals surface area contributed by atoms with Gasteiger partial charge in [-0.25, -0.2) is 9.97 Å². The average Bonchev–Trinajstić information content (AvgIpc) is 3.20. The van der Waals surface area contributed by atoms with Crippen LogP contribution in [0.4, 0.5) is 0 Å². The van der Waals surface area contributed by atoms with Crippen LogP contribution >= 0.6 is 23.1 Å². The van der Waals surface area contributed by atoms with Gasteiger partial charge in [-0.3, -0.25) is 0 Å². The van der Waals surface area contributed by atoms with Crippen molar-refractivity contribution in [2.45, 2.75) is 37.3 Å². The van der Waals surface area contributed by atoms with E-state index >= 15 is 0 Å². The summed E-state index contributed by atoms with van der Waals surface area (Å²) in [4.78, 5) is 11.5. The number of nitrogens with zero attached hydrogens (tertiary/aromatic N) is 6. The summed E-state index contributed by atoms with van der Waals surface area (Å²) in [6.07, 6.45) is 3.92. The summed E-state index contributed by atoms with van der Waals surface area (Å²) in [7, 11) is 1.98. The number of hydrogen-bond donors (Lipinski definition) is 0. The van der Waals surface area contributed by atoms with E-state index in [0.717, 1.165) is 46.3 Å². The summed E-state index contributed by atoms with van der Waals surface area (Å²) in [6, 6.07) is 6.97. The molecule has 3 aromatic heterocycles. The minimum Gasteiger partial charge on any atom is -0.440 e. The molecule has 0 N–H and O–H groups in total. The molecule has 6 rings (SSSR count). The Kier molecular flexibility index (Phi) is 4.89. The van der Waals surface area contributed by atoms with Crippen LogP contribution in [0, 0.1) is 19.8 Å². The lowest BCUT2D eigenvalue weighted by Crippen LogP contribution is -2.27. The first-order valence-corrected chi connectivity index (χ1v) is 12.9. The number of likely N-dealkylation sites (tertiary alicyclic amines) is 1. The highest BCUT2D eigenvalue weighted by atomic mass is 32.2. The molecule has 2 fully saturated rings. The molecule has 0 unspecified atom stereocenters. The van der Waals surface area contributed by atoms with Crippen LogP contribution in [0.5, 0.6) is 0 Å². The van der Waals surface area contributed by atoms with Gasteiger partial charge in [-0.15, -0.1) is 21.5 Å². The van der Waals surface area contributed by atoms with Gasteiger partial charge in [0.1, 0.15) is 0 Å². The number of rotatable bonds is 7. The zero-order valence-corrected chi connectivity index (χ0v) is 20.2. The smallest absolute Gasteiger partial charge is 0.202 e. The molecule has 2 aliphatic rings. The topological polar surface area (TPSA) is 72.9 Å². The molecule has 32 heavy (non-hydrogen) atoms. The standard InChI is InChI=1S/C23H26N6OS2/c1-14-20(30-13-24-14)21-26-27-22(28(21)3)31-8-4-7-29-11-17-10-23(17,12-29)16-5-6-19-18(9-16)25-15(2)32-19/h5-6,9,13,17H,4,7-8,10-12H2,1-3H3/t17-,23-/m1/s1. The van der Waals surface area contributed by atoms with Gasteiger partial charge in [-0.05, 0) is 56.8 Å². The third-order valence-corrected chi connectivity index (χ3v) is 8.98. The molecular weight excluding hydrogens is 440 g/mol. The fourth-order valence-corrected chi connectivity index (χ4v) is 6.81. The quantitative estimate of drug-likeness (QED) is 0.294. The third-order valence-electron chi connectivity index (χ3n) is 6.92. The average molecular weight is 467 g/mol. The molecule has 7 nitrogen and oxygen atoms in total. The second kappa shape index (κ2) is 7.67. The normalized spacial score (nSPS) is 22.7. The first-order valence-electron chi connectivity index (χ1n) is 11.1. The van der Waals surface area contributed by atoms with Crippen LogP contribution in [0.2, 0.25) is 0 Å². The first-order chi connectivity index (χ1) is 15.5. The van der Waals surface area contributed by atoms with E-state index in [-0.39, 0.29) is 0 Å². The molecule has 166 valence electrons. The Hall–Kier alpha value is -2.23. The molecule has 1 saturated heterocycles. The highest BCUT2D eigenvalue weighted by Crippen LogP contribution is 2.59. The van der Waals surface area contributed by atoms with Crippen molar-refractivity contribution in [1.29, 1.82) is 0 Å². The second-order valence-electron chi connectivity index (χ2n) is 9.04. The van der Waals surface area contributed by atoms with Gasteiger partial charge in [0.2, 0.25) is 5.82 Å². The van der Waals surface area contributed by atoms with Crippen LogP contribution in [0.1, 0.15) is 29.1 Å². The van der Waals surface area contributed by atoms with E-state index < -0.39 is 0 Å². The van der Waals surface area contributed by atoms with Crippen molar-refractivity contribution in [1.82, 2.24) is 29.6 Å². The lowest BCUT2D eigenvalue weighted by atomic mass is 9.95. The van der Waals surface area contributed by atoms with E-state index in [2.05, 4.69) is 45.2 Å². The molecule has 9 heteroatoms. The number of benzene rings is 1. The highest BCUT2D eigenvalue weighted by Gasteiger charge is 2.60. The minimum atomic E-state index is 0.367. The SMILES string of the molecule is Cc1nc2cc([C@]34C[C@@H]3CN(CCCSc3nnc(-c5ocnc5C)n3C)C4)ccc2s1. The summed E-state index contributed by atoms with van der Waals surface area (Å²) in [5.74, 6) is 3.26. The lowest BCUT2D eigenvalue weighted by Gasteiger charge is -2.21. The highest BCUT2D eigenvalue weighted by molar-refractivity contribution is 7.99. The van der Waals surface area contributed by atoms with Crippen LogP contribution in [0.3, 0.4) is 0 Å². The number of oxazole rings is 1. The maximum atomic E-state index is 5.47. The molecule has 1 saturated carbocycles. The monoisotopic (exact) mass is 466 g/mol. The Morgan fingerprint density at radius 3 is 3.03 bits per heavy atom. The van der Waals surface area contributed by atoms with Gasteiger partial charge in [0, 0.05) is 31.3 Å². The Labute approximate surface area is 195 Å². The molecule has 2 atom stereocenters. The van der Waals surface area contributed by atoms with Crippen LogP contribution in [-0.4, -0.2) is 55.0 Å². The summed E-state index contributed by atoms with van der Waals surface area (Å²) in [5.41, 5.74) is 3.87. The number of hydrogen-bond acceptors (Lipinski definition) is 8. The van der Waals surface area contributed by atoms with Crippen molar-refractivity contribution in [2.75, 3.05) is 25.4 Å². The summed E-state index contributed by atoms with van der Waals surface area (Å²) in [5, 5.41) is 10.7. The third kappa shape index (κ3) is 3.38. The molecule has 4 heterocycles. The summed E-state index contributed by atoms with van der Waals surface area (Å²) < 4.78 is 8.77. The second-order valence-corrected chi connectivity index (χ2v) is 11.3. The van der Waals surface area contributed by atoms with Crippen molar-refractivity contribution in [3.05, 3.63) is 40.9 Å². The molecule has 0 amide bonds. The molecular formula is C23H26N6OS2. The molecule has 1 aromatic carbocycles. The van der Waals surface area contributed by atoms with Crippen LogP contribution in [0.15, 0.2) is 34.2 Å². The molecule has 1 aliphatic heterocycles.